The number of thioether (sulfide) groups is 1. The lowest BCUT2D eigenvalue weighted by molar-refractivity contribution is 0.983. The first kappa shape index (κ1) is 12.5. The second-order valence-corrected chi connectivity index (χ2v) is 6.54. The molecule has 0 aliphatic heterocycles. The SMILES string of the molecule is CSc1sn(C)c(=O)c1-c1ccc2ccccc2c1. The first-order valence-corrected chi connectivity index (χ1v) is 7.94. The van der Waals surface area contributed by atoms with E-state index in [9.17, 15) is 4.79 Å². The van der Waals surface area contributed by atoms with Crippen molar-refractivity contribution in [3.63, 3.8) is 0 Å². The first-order valence-electron chi connectivity index (χ1n) is 5.94. The number of fused-ring (bicyclic) bond motifs is 1. The van der Waals surface area contributed by atoms with E-state index in [2.05, 4.69) is 24.3 Å². The standard InChI is InChI=1S/C15H13NOS2/c1-16-14(17)13(15(18-2)19-16)12-8-7-10-5-3-4-6-11(10)9-12/h3-9H,1-2H3. The minimum absolute atomic E-state index is 0.0876. The van der Waals surface area contributed by atoms with E-state index in [4.69, 9.17) is 0 Å². The Morgan fingerprint density at radius 1 is 1.11 bits per heavy atom. The van der Waals surface area contributed by atoms with Gasteiger partial charge in [-0.1, -0.05) is 36.4 Å². The molecule has 0 aliphatic rings. The zero-order chi connectivity index (χ0) is 13.4. The number of nitrogens with zero attached hydrogens (tertiary/aromatic N) is 1. The molecule has 0 fully saturated rings. The molecule has 0 bridgehead atoms. The average Bonchev–Trinajstić information content (AvgIpc) is 2.74. The summed E-state index contributed by atoms with van der Waals surface area (Å²) < 4.78 is 2.76. The third kappa shape index (κ3) is 2.11. The van der Waals surface area contributed by atoms with Crippen molar-refractivity contribution in [3.05, 3.63) is 52.8 Å². The molecule has 19 heavy (non-hydrogen) atoms. The van der Waals surface area contributed by atoms with E-state index in [0.29, 0.717) is 0 Å². The van der Waals surface area contributed by atoms with Crippen molar-refractivity contribution in [1.29, 1.82) is 0 Å². The molecule has 2 aromatic carbocycles. The van der Waals surface area contributed by atoms with Gasteiger partial charge in [0.05, 0.1) is 9.77 Å². The number of aromatic nitrogens is 1. The maximum Gasteiger partial charge on any atom is 0.269 e. The van der Waals surface area contributed by atoms with Gasteiger partial charge in [-0.2, -0.15) is 0 Å². The van der Waals surface area contributed by atoms with Crippen molar-refractivity contribution in [3.8, 4) is 11.1 Å². The Labute approximate surface area is 119 Å². The summed E-state index contributed by atoms with van der Waals surface area (Å²) in [5.41, 5.74) is 1.92. The van der Waals surface area contributed by atoms with Crippen LogP contribution in [0.3, 0.4) is 0 Å². The fourth-order valence-electron chi connectivity index (χ4n) is 2.18. The third-order valence-corrected chi connectivity index (χ3v) is 5.26. The number of aryl methyl sites for hydroxylation is 1. The fourth-order valence-corrected chi connectivity index (χ4v) is 3.94. The van der Waals surface area contributed by atoms with Crippen molar-refractivity contribution >= 4 is 34.1 Å². The Bertz CT molecular complexity index is 801. The topological polar surface area (TPSA) is 22.0 Å². The summed E-state index contributed by atoms with van der Waals surface area (Å²) in [7, 11) is 1.82. The molecule has 0 unspecified atom stereocenters. The van der Waals surface area contributed by atoms with Crippen LogP contribution in [0.15, 0.2) is 51.5 Å². The molecule has 0 saturated carbocycles. The molecule has 0 saturated heterocycles. The van der Waals surface area contributed by atoms with Gasteiger partial charge in [0, 0.05) is 7.05 Å². The quantitative estimate of drug-likeness (QED) is 0.665. The molecule has 96 valence electrons. The Morgan fingerprint density at radius 3 is 2.58 bits per heavy atom. The minimum atomic E-state index is 0.0876. The minimum Gasteiger partial charge on any atom is -0.268 e. The highest BCUT2D eigenvalue weighted by molar-refractivity contribution is 8.00. The molecule has 3 rings (SSSR count). The van der Waals surface area contributed by atoms with Gasteiger partial charge in [-0.25, -0.2) is 0 Å². The van der Waals surface area contributed by atoms with Crippen LogP contribution in [0.1, 0.15) is 0 Å². The summed E-state index contributed by atoms with van der Waals surface area (Å²) in [4.78, 5) is 12.2. The Hall–Kier alpha value is -1.52. The molecule has 1 heterocycles. The highest BCUT2D eigenvalue weighted by Gasteiger charge is 2.14. The van der Waals surface area contributed by atoms with Gasteiger partial charge < -0.3 is 0 Å². The lowest BCUT2D eigenvalue weighted by Crippen LogP contribution is -2.10. The second-order valence-electron chi connectivity index (χ2n) is 4.32. The van der Waals surface area contributed by atoms with E-state index in [0.717, 1.165) is 15.3 Å². The monoisotopic (exact) mass is 287 g/mol. The maximum absolute atomic E-state index is 12.2. The highest BCUT2D eigenvalue weighted by Crippen LogP contribution is 2.32. The van der Waals surface area contributed by atoms with E-state index in [1.165, 1.54) is 22.3 Å². The summed E-state index contributed by atoms with van der Waals surface area (Å²) >= 11 is 3.14. The van der Waals surface area contributed by atoms with E-state index in [-0.39, 0.29) is 5.56 Å². The van der Waals surface area contributed by atoms with Crippen LogP contribution in [0, 0.1) is 0 Å². The second kappa shape index (κ2) is 4.87. The molecule has 0 amide bonds. The zero-order valence-corrected chi connectivity index (χ0v) is 12.3. The van der Waals surface area contributed by atoms with Crippen LogP contribution in [0.5, 0.6) is 0 Å². The number of hydrogen-bond donors (Lipinski definition) is 0. The predicted octanol–water partition coefficient (Wildman–Crippen LogP) is 3.99. The molecular weight excluding hydrogens is 274 g/mol. The molecule has 0 spiro atoms. The fraction of sp³-hybridized carbons (Fsp3) is 0.133. The number of rotatable bonds is 2. The Kier molecular flexibility index (Phi) is 3.21. The number of hydrogen-bond acceptors (Lipinski definition) is 3. The van der Waals surface area contributed by atoms with E-state index < -0.39 is 0 Å². The van der Waals surface area contributed by atoms with Crippen LogP contribution < -0.4 is 5.56 Å². The van der Waals surface area contributed by atoms with Crippen LogP contribution in [0.4, 0.5) is 0 Å². The predicted molar refractivity (Wildman–Crippen MR) is 84.3 cm³/mol. The molecule has 0 atom stereocenters. The van der Waals surface area contributed by atoms with E-state index >= 15 is 0 Å². The summed E-state index contributed by atoms with van der Waals surface area (Å²) in [6.45, 7) is 0. The first-order chi connectivity index (χ1) is 9.20. The number of benzene rings is 2. The molecule has 0 N–H and O–H groups in total. The van der Waals surface area contributed by atoms with Gasteiger partial charge in [-0.05, 0) is 40.2 Å². The van der Waals surface area contributed by atoms with E-state index in [1.807, 2.05) is 31.5 Å². The summed E-state index contributed by atoms with van der Waals surface area (Å²) in [6, 6.07) is 14.4. The van der Waals surface area contributed by atoms with Crippen molar-refractivity contribution < 1.29 is 0 Å². The van der Waals surface area contributed by atoms with Gasteiger partial charge in [0.1, 0.15) is 0 Å². The smallest absolute Gasteiger partial charge is 0.268 e. The van der Waals surface area contributed by atoms with Crippen molar-refractivity contribution in [2.45, 2.75) is 4.21 Å². The third-order valence-electron chi connectivity index (χ3n) is 3.15. The van der Waals surface area contributed by atoms with Crippen LogP contribution in [0.2, 0.25) is 0 Å². The van der Waals surface area contributed by atoms with Crippen LogP contribution in [-0.4, -0.2) is 10.2 Å². The Balaban J connectivity index is 2.27. The maximum atomic E-state index is 12.2. The normalized spacial score (nSPS) is 11.1. The zero-order valence-electron chi connectivity index (χ0n) is 10.7. The molecular formula is C15H13NOS2. The molecule has 4 heteroatoms. The van der Waals surface area contributed by atoms with Gasteiger partial charge in [-0.3, -0.25) is 8.75 Å². The molecule has 0 aliphatic carbocycles. The van der Waals surface area contributed by atoms with Gasteiger partial charge in [0.25, 0.3) is 5.56 Å². The van der Waals surface area contributed by atoms with Crippen LogP contribution in [0.25, 0.3) is 21.9 Å². The largest absolute Gasteiger partial charge is 0.269 e. The molecule has 0 radical (unpaired) electrons. The summed E-state index contributed by atoms with van der Waals surface area (Å²) in [5.74, 6) is 0. The van der Waals surface area contributed by atoms with Gasteiger partial charge in [0.2, 0.25) is 0 Å². The average molecular weight is 287 g/mol. The lowest BCUT2D eigenvalue weighted by atomic mass is 10.0. The van der Waals surface area contributed by atoms with Crippen molar-refractivity contribution in [2.24, 2.45) is 7.05 Å². The van der Waals surface area contributed by atoms with Crippen molar-refractivity contribution in [2.75, 3.05) is 6.26 Å². The van der Waals surface area contributed by atoms with Gasteiger partial charge >= 0.3 is 0 Å². The summed E-state index contributed by atoms with van der Waals surface area (Å²) in [6.07, 6.45) is 2.01. The van der Waals surface area contributed by atoms with E-state index in [1.54, 1.807) is 15.7 Å². The van der Waals surface area contributed by atoms with Gasteiger partial charge in [0.15, 0.2) is 0 Å². The molecule has 1 aromatic heterocycles. The summed E-state index contributed by atoms with van der Waals surface area (Å²) in [5, 5.41) is 2.37. The Morgan fingerprint density at radius 2 is 1.84 bits per heavy atom. The molecule has 2 nitrogen and oxygen atoms in total. The van der Waals surface area contributed by atoms with Crippen LogP contribution >= 0.6 is 23.3 Å². The van der Waals surface area contributed by atoms with Crippen LogP contribution in [-0.2, 0) is 7.05 Å². The highest BCUT2D eigenvalue weighted by atomic mass is 32.2. The lowest BCUT2D eigenvalue weighted by Gasteiger charge is -2.02. The van der Waals surface area contributed by atoms with Crippen molar-refractivity contribution in [1.82, 2.24) is 3.96 Å². The van der Waals surface area contributed by atoms with Gasteiger partial charge in [-0.15, -0.1) is 11.8 Å². The molecule has 3 aromatic rings.